The van der Waals surface area contributed by atoms with Gasteiger partial charge >= 0.3 is 0 Å². The van der Waals surface area contributed by atoms with Crippen molar-refractivity contribution in [1.82, 2.24) is 4.98 Å². The summed E-state index contributed by atoms with van der Waals surface area (Å²) in [5, 5.41) is 0.0612. The van der Waals surface area contributed by atoms with E-state index in [4.69, 9.17) is 13.9 Å². The number of carbonyl (C=O) groups excluding carboxylic acids is 1. The first-order valence-corrected chi connectivity index (χ1v) is 10.2. The van der Waals surface area contributed by atoms with E-state index in [2.05, 4.69) is 4.98 Å². The zero-order valence-electron chi connectivity index (χ0n) is 18.1. The summed E-state index contributed by atoms with van der Waals surface area (Å²) in [7, 11) is 3.02. The molecule has 1 atom stereocenters. The van der Waals surface area contributed by atoms with E-state index < -0.39 is 23.2 Å². The van der Waals surface area contributed by atoms with Crippen LogP contribution in [0, 0.1) is 12.7 Å². The molecule has 0 radical (unpaired) electrons. The molecule has 8 heteroatoms. The van der Waals surface area contributed by atoms with Crippen LogP contribution in [0.15, 0.2) is 63.8 Å². The molecule has 1 aliphatic heterocycles. The van der Waals surface area contributed by atoms with Gasteiger partial charge in [0, 0.05) is 5.69 Å². The Balaban J connectivity index is 1.82. The second-order valence-corrected chi connectivity index (χ2v) is 7.64. The lowest BCUT2D eigenvalue weighted by Crippen LogP contribution is -2.30. The van der Waals surface area contributed by atoms with Crippen LogP contribution in [0.1, 0.15) is 33.4 Å². The van der Waals surface area contributed by atoms with Crippen LogP contribution in [-0.2, 0) is 0 Å². The number of nitrogens with zero attached hydrogens (tertiary/aromatic N) is 2. The molecule has 0 saturated carbocycles. The summed E-state index contributed by atoms with van der Waals surface area (Å²) in [5.74, 6) is 0.121. The van der Waals surface area contributed by atoms with Gasteiger partial charge in [0.15, 0.2) is 16.9 Å². The van der Waals surface area contributed by atoms with Crippen molar-refractivity contribution < 1.29 is 23.1 Å². The van der Waals surface area contributed by atoms with E-state index in [1.54, 1.807) is 30.3 Å². The van der Waals surface area contributed by atoms with Gasteiger partial charge in [-0.2, -0.15) is 0 Å². The molecule has 0 fully saturated rings. The number of pyridine rings is 1. The molecule has 33 heavy (non-hydrogen) atoms. The molecule has 2 aromatic heterocycles. The zero-order valence-corrected chi connectivity index (χ0v) is 18.1. The van der Waals surface area contributed by atoms with Crippen molar-refractivity contribution in [3.05, 3.63) is 93.2 Å². The van der Waals surface area contributed by atoms with E-state index in [1.165, 1.54) is 31.3 Å². The number of rotatable bonds is 4. The summed E-state index contributed by atoms with van der Waals surface area (Å²) in [6.07, 6.45) is 0. The second-order valence-electron chi connectivity index (χ2n) is 7.64. The Bertz CT molecular complexity index is 1480. The number of ether oxygens (including phenoxy) is 2. The van der Waals surface area contributed by atoms with Gasteiger partial charge in [-0.15, -0.1) is 0 Å². The number of halogens is 1. The first-order chi connectivity index (χ1) is 15.9. The van der Waals surface area contributed by atoms with Gasteiger partial charge in [0.2, 0.25) is 5.76 Å². The standard InChI is InChI=1S/C25H19FN2O5/c1-13-5-4-6-20(27-13)28-22(14-7-9-18(31-2)19(11-14)32-3)21-23(29)16-12-15(26)8-10-17(16)33-24(21)25(28)30/h4-12,22H,1-3H3/t22-/m0/s1. The largest absolute Gasteiger partial charge is 0.493 e. The number of fused-ring (bicyclic) bond motifs is 2. The van der Waals surface area contributed by atoms with Crippen molar-refractivity contribution in [1.29, 1.82) is 0 Å². The van der Waals surface area contributed by atoms with Gasteiger partial charge in [0.05, 0.1) is 31.2 Å². The number of methoxy groups -OCH3 is 2. The Labute approximate surface area is 188 Å². The van der Waals surface area contributed by atoms with Crippen LogP contribution in [0.3, 0.4) is 0 Å². The highest BCUT2D eigenvalue weighted by Crippen LogP contribution is 2.42. The van der Waals surface area contributed by atoms with Crippen molar-refractivity contribution in [2.24, 2.45) is 0 Å². The number of carbonyl (C=O) groups is 1. The molecular weight excluding hydrogens is 427 g/mol. The molecule has 7 nitrogen and oxygen atoms in total. The minimum Gasteiger partial charge on any atom is -0.493 e. The van der Waals surface area contributed by atoms with Gasteiger partial charge in [0.1, 0.15) is 17.2 Å². The van der Waals surface area contributed by atoms with E-state index in [0.29, 0.717) is 28.6 Å². The minimum absolute atomic E-state index is 0.0612. The quantitative estimate of drug-likeness (QED) is 0.462. The van der Waals surface area contributed by atoms with Crippen molar-refractivity contribution >= 4 is 22.7 Å². The maximum Gasteiger partial charge on any atom is 0.296 e. The molecule has 166 valence electrons. The SMILES string of the molecule is COc1ccc([C@H]2c3c(oc4ccc(F)cc4c3=O)C(=O)N2c2cccc(C)n2)cc1OC. The summed E-state index contributed by atoms with van der Waals surface area (Å²) in [6.45, 7) is 1.81. The molecule has 0 spiro atoms. The van der Waals surface area contributed by atoms with Crippen LogP contribution in [0.5, 0.6) is 11.5 Å². The summed E-state index contributed by atoms with van der Waals surface area (Å²) >= 11 is 0. The molecule has 3 heterocycles. The molecule has 1 amide bonds. The highest BCUT2D eigenvalue weighted by Gasteiger charge is 2.44. The number of hydrogen-bond acceptors (Lipinski definition) is 6. The molecule has 0 N–H and O–H groups in total. The molecular formula is C25H19FN2O5. The average molecular weight is 446 g/mol. The number of amides is 1. The topological polar surface area (TPSA) is 81.9 Å². The fraction of sp³-hybridized carbons (Fsp3) is 0.160. The Hall–Kier alpha value is -4.20. The highest BCUT2D eigenvalue weighted by atomic mass is 19.1. The third-order valence-corrected chi connectivity index (χ3v) is 5.68. The number of aromatic nitrogens is 1. The van der Waals surface area contributed by atoms with Gasteiger partial charge in [-0.05, 0) is 55.0 Å². The molecule has 0 bridgehead atoms. The van der Waals surface area contributed by atoms with Crippen LogP contribution in [-0.4, -0.2) is 25.1 Å². The van der Waals surface area contributed by atoms with Gasteiger partial charge < -0.3 is 13.9 Å². The number of benzene rings is 2. The molecule has 0 unspecified atom stereocenters. The third-order valence-electron chi connectivity index (χ3n) is 5.68. The first kappa shape index (κ1) is 20.7. The Morgan fingerprint density at radius 2 is 1.79 bits per heavy atom. The van der Waals surface area contributed by atoms with Gasteiger partial charge in [-0.1, -0.05) is 12.1 Å². The fourth-order valence-corrected chi connectivity index (χ4v) is 4.18. The van der Waals surface area contributed by atoms with Crippen molar-refractivity contribution in [2.45, 2.75) is 13.0 Å². The maximum atomic E-state index is 13.9. The summed E-state index contributed by atoms with van der Waals surface area (Å²) < 4.78 is 30.5. The normalized spacial score (nSPS) is 15.1. The van der Waals surface area contributed by atoms with Crippen molar-refractivity contribution in [3.8, 4) is 11.5 Å². The lowest BCUT2D eigenvalue weighted by atomic mass is 9.98. The van der Waals surface area contributed by atoms with E-state index in [-0.39, 0.29) is 22.3 Å². The van der Waals surface area contributed by atoms with E-state index >= 15 is 0 Å². The van der Waals surface area contributed by atoms with Crippen LogP contribution >= 0.6 is 0 Å². The number of aryl methyl sites for hydroxylation is 1. The minimum atomic E-state index is -0.856. The summed E-state index contributed by atoms with van der Waals surface area (Å²) in [6, 6.07) is 13.2. The second kappa shape index (κ2) is 7.74. The average Bonchev–Trinajstić information content (AvgIpc) is 3.11. The predicted octanol–water partition coefficient (Wildman–Crippen LogP) is 4.40. The zero-order chi connectivity index (χ0) is 23.3. The fourth-order valence-electron chi connectivity index (χ4n) is 4.18. The highest BCUT2D eigenvalue weighted by molar-refractivity contribution is 6.10. The van der Waals surface area contributed by atoms with Gasteiger partial charge in [-0.3, -0.25) is 14.5 Å². The molecule has 5 rings (SSSR count). The van der Waals surface area contributed by atoms with Crippen LogP contribution < -0.4 is 19.8 Å². The number of anilines is 1. The van der Waals surface area contributed by atoms with Crippen LogP contribution in [0.2, 0.25) is 0 Å². The molecule has 2 aromatic carbocycles. The molecule has 4 aromatic rings. The van der Waals surface area contributed by atoms with Crippen molar-refractivity contribution in [3.63, 3.8) is 0 Å². The monoisotopic (exact) mass is 446 g/mol. The molecule has 0 saturated heterocycles. The lowest BCUT2D eigenvalue weighted by molar-refractivity contribution is 0.0970. The first-order valence-electron chi connectivity index (χ1n) is 10.2. The Kier molecular flexibility index (Phi) is 4.85. The van der Waals surface area contributed by atoms with Crippen LogP contribution in [0.25, 0.3) is 11.0 Å². The van der Waals surface area contributed by atoms with E-state index in [0.717, 1.165) is 6.07 Å². The van der Waals surface area contributed by atoms with Gasteiger partial charge in [-0.25, -0.2) is 9.37 Å². The Morgan fingerprint density at radius 3 is 2.52 bits per heavy atom. The number of hydrogen-bond donors (Lipinski definition) is 0. The summed E-state index contributed by atoms with van der Waals surface area (Å²) in [4.78, 5) is 33.0. The smallest absolute Gasteiger partial charge is 0.296 e. The van der Waals surface area contributed by atoms with Crippen LogP contribution in [0.4, 0.5) is 10.2 Å². The van der Waals surface area contributed by atoms with Crippen molar-refractivity contribution in [2.75, 3.05) is 19.1 Å². The van der Waals surface area contributed by atoms with E-state index in [9.17, 15) is 14.0 Å². The molecule has 1 aliphatic rings. The lowest BCUT2D eigenvalue weighted by Gasteiger charge is -2.25. The predicted molar refractivity (Wildman–Crippen MR) is 120 cm³/mol. The third kappa shape index (κ3) is 3.22. The van der Waals surface area contributed by atoms with E-state index in [1.807, 2.05) is 13.0 Å². The van der Waals surface area contributed by atoms with Gasteiger partial charge in [0.25, 0.3) is 5.91 Å². The summed E-state index contributed by atoms with van der Waals surface area (Å²) in [5.41, 5.74) is 1.07. The Morgan fingerprint density at radius 1 is 1.00 bits per heavy atom. The maximum absolute atomic E-state index is 13.9. The molecule has 0 aliphatic carbocycles.